The minimum atomic E-state index is -0.545. The van der Waals surface area contributed by atoms with Crippen molar-refractivity contribution in [1.82, 2.24) is 14.8 Å². The van der Waals surface area contributed by atoms with Gasteiger partial charge in [0.15, 0.2) is 5.82 Å². The van der Waals surface area contributed by atoms with Gasteiger partial charge < -0.3 is 14.6 Å². The van der Waals surface area contributed by atoms with Crippen LogP contribution in [0.2, 0.25) is 0 Å². The van der Waals surface area contributed by atoms with E-state index in [0.717, 1.165) is 0 Å². The largest absolute Gasteiger partial charge is 0.438 e. The van der Waals surface area contributed by atoms with Gasteiger partial charge in [-0.1, -0.05) is 6.07 Å². The number of carbonyl (C=O) groups is 1. The first-order valence-electron chi connectivity index (χ1n) is 8.89. The average molecular weight is 401 g/mol. The van der Waals surface area contributed by atoms with Gasteiger partial charge in [-0.05, 0) is 48.5 Å². The summed E-state index contributed by atoms with van der Waals surface area (Å²) < 4.78 is 7.50. The molecule has 0 bridgehead atoms. The fourth-order valence-corrected chi connectivity index (χ4v) is 2.68. The van der Waals surface area contributed by atoms with Crippen LogP contribution in [-0.4, -0.2) is 25.6 Å². The standard InChI is InChI=1S/C21H15N5O4/c27-21(15-4-3-5-17(14-15)26(28)29)22-16-6-8-18(9-7-16)30-20-11-10-19(23-24-20)25-12-1-2-13-25/h1-14H,(H,22,27). The molecule has 0 aliphatic rings. The van der Waals surface area contributed by atoms with Crippen molar-refractivity contribution in [2.75, 3.05) is 5.32 Å². The molecule has 2 aromatic carbocycles. The van der Waals surface area contributed by atoms with Crippen molar-refractivity contribution >= 4 is 17.3 Å². The number of benzene rings is 2. The molecule has 9 nitrogen and oxygen atoms in total. The highest BCUT2D eigenvalue weighted by Gasteiger charge is 2.12. The van der Waals surface area contributed by atoms with Crippen molar-refractivity contribution < 1.29 is 14.5 Å². The molecule has 2 heterocycles. The summed E-state index contributed by atoms with van der Waals surface area (Å²) in [5, 5.41) is 21.7. The number of rotatable bonds is 6. The van der Waals surface area contributed by atoms with Crippen LogP contribution >= 0.6 is 0 Å². The highest BCUT2D eigenvalue weighted by molar-refractivity contribution is 6.04. The summed E-state index contributed by atoms with van der Waals surface area (Å²) in [5.74, 6) is 1.08. The predicted octanol–water partition coefficient (Wildman–Crippen LogP) is 4.22. The molecule has 0 unspecified atom stereocenters. The normalized spacial score (nSPS) is 10.4. The zero-order valence-electron chi connectivity index (χ0n) is 15.5. The lowest BCUT2D eigenvalue weighted by Gasteiger charge is -2.08. The predicted molar refractivity (Wildman–Crippen MR) is 109 cm³/mol. The van der Waals surface area contributed by atoms with Crippen LogP contribution in [0, 0.1) is 10.1 Å². The van der Waals surface area contributed by atoms with Crippen LogP contribution in [-0.2, 0) is 0 Å². The molecule has 30 heavy (non-hydrogen) atoms. The number of nitro benzene ring substituents is 1. The SMILES string of the molecule is O=C(Nc1ccc(Oc2ccc(-n3cccc3)nn2)cc1)c1cccc([N+](=O)[O-])c1. The van der Waals surface area contributed by atoms with Gasteiger partial charge in [0, 0.05) is 41.8 Å². The van der Waals surface area contributed by atoms with E-state index >= 15 is 0 Å². The minimum Gasteiger partial charge on any atom is -0.438 e. The first kappa shape index (κ1) is 18.8. The zero-order valence-corrected chi connectivity index (χ0v) is 15.5. The summed E-state index contributed by atoms with van der Waals surface area (Å²) in [6.07, 6.45) is 3.73. The van der Waals surface area contributed by atoms with E-state index in [-0.39, 0.29) is 11.3 Å². The molecule has 0 aliphatic carbocycles. The maximum atomic E-state index is 12.3. The van der Waals surface area contributed by atoms with Crippen LogP contribution in [0.15, 0.2) is 85.2 Å². The second kappa shape index (κ2) is 8.23. The van der Waals surface area contributed by atoms with Gasteiger partial charge in [-0.25, -0.2) is 0 Å². The number of carbonyl (C=O) groups excluding carboxylic acids is 1. The molecule has 4 aromatic rings. The van der Waals surface area contributed by atoms with Gasteiger partial charge in [0.25, 0.3) is 11.6 Å². The van der Waals surface area contributed by atoms with Crippen LogP contribution < -0.4 is 10.1 Å². The zero-order chi connectivity index (χ0) is 20.9. The number of hydrogen-bond donors (Lipinski definition) is 1. The Kier molecular flexibility index (Phi) is 5.16. The number of nitrogens with zero attached hydrogens (tertiary/aromatic N) is 4. The maximum Gasteiger partial charge on any atom is 0.270 e. The molecule has 0 saturated heterocycles. The first-order chi connectivity index (χ1) is 14.6. The summed E-state index contributed by atoms with van der Waals surface area (Å²) in [7, 11) is 0. The number of anilines is 1. The summed E-state index contributed by atoms with van der Waals surface area (Å²) in [5.41, 5.74) is 0.575. The Morgan fingerprint density at radius 2 is 1.73 bits per heavy atom. The number of aromatic nitrogens is 3. The molecule has 0 atom stereocenters. The van der Waals surface area contributed by atoms with Crippen molar-refractivity contribution in [1.29, 1.82) is 0 Å². The van der Waals surface area contributed by atoms with Gasteiger partial charge >= 0.3 is 0 Å². The Labute approximate surface area is 170 Å². The Hall–Kier alpha value is -4.53. The van der Waals surface area contributed by atoms with Gasteiger partial charge in [0.2, 0.25) is 5.88 Å². The Balaban J connectivity index is 1.40. The number of ether oxygens (including phenoxy) is 1. The highest BCUT2D eigenvalue weighted by atomic mass is 16.6. The lowest BCUT2D eigenvalue weighted by atomic mass is 10.2. The molecule has 148 valence electrons. The summed E-state index contributed by atoms with van der Waals surface area (Å²) in [6.45, 7) is 0. The molecule has 0 aliphatic heterocycles. The van der Waals surface area contributed by atoms with E-state index < -0.39 is 10.8 Å². The second-order valence-corrected chi connectivity index (χ2v) is 6.21. The van der Waals surface area contributed by atoms with Gasteiger partial charge in [-0.2, -0.15) is 0 Å². The first-order valence-corrected chi connectivity index (χ1v) is 8.89. The molecule has 1 amide bonds. The molecular formula is C21H15N5O4. The number of nitro groups is 1. The smallest absolute Gasteiger partial charge is 0.270 e. The van der Waals surface area contributed by atoms with Gasteiger partial charge in [-0.15, -0.1) is 10.2 Å². The van der Waals surface area contributed by atoms with E-state index in [1.165, 1.54) is 24.3 Å². The highest BCUT2D eigenvalue weighted by Crippen LogP contribution is 2.22. The second-order valence-electron chi connectivity index (χ2n) is 6.21. The van der Waals surface area contributed by atoms with E-state index in [9.17, 15) is 14.9 Å². The van der Waals surface area contributed by atoms with Crippen molar-refractivity contribution in [3.05, 3.63) is 101 Å². The van der Waals surface area contributed by atoms with E-state index in [4.69, 9.17) is 4.74 Å². The van der Waals surface area contributed by atoms with Crippen LogP contribution in [0.4, 0.5) is 11.4 Å². The Bertz CT molecular complexity index is 1170. The molecule has 0 fully saturated rings. The molecule has 4 rings (SSSR count). The number of nitrogens with one attached hydrogen (secondary N) is 1. The van der Waals surface area contributed by atoms with E-state index in [2.05, 4.69) is 15.5 Å². The molecule has 1 N–H and O–H groups in total. The van der Waals surface area contributed by atoms with Gasteiger partial charge in [0.05, 0.1) is 4.92 Å². The van der Waals surface area contributed by atoms with E-state index in [1.54, 1.807) is 36.4 Å². The van der Waals surface area contributed by atoms with Crippen LogP contribution in [0.25, 0.3) is 5.82 Å². The third-order valence-corrected chi connectivity index (χ3v) is 4.15. The molecule has 2 aromatic heterocycles. The lowest BCUT2D eigenvalue weighted by Crippen LogP contribution is -2.11. The fraction of sp³-hybridized carbons (Fsp3) is 0. The molecule has 9 heteroatoms. The quantitative estimate of drug-likeness (QED) is 0.382. The third kappa shape index (κ3) is 4.30. The maximum absolute atomic E-state index is 12.3. The molecule has 0 saturated carbocycles. The lowest BCUT2D eigenvalue weighted by molar-refractivity contribution is -0.384. The molecule has 0 spiro atoms. The Morgan fingerprint density at radius 1 is 0.967 bits per heavy atom. The molecular weight excluding hydrogens is 386 g/mol. The monoisotopic (exact) mass is 401 g/mol. The van der Waals surface area contributed by atoms with Crippen LogP contribution in [0.1, 0.15) is 10.4 Å². The van der Waals surface area contributed by atoms with E-state index in [1.807, 2.05) is 29.1 Å². The summed E-state index contributed by atoms with van der Waals surface area (Å²) in [4.78, 5) is 22.6. The number of amides is 1. The average Bonchev–Trinajstić information content (AvgIpc) is 3.31. The Morgan fingerprint density at radius 3 is 2.40 bits per heavy atom. The number of non-ortho nitro benzene ring substituents is 1. The van der Waals surface area contributed by atoms with Crippen molar-refractivity contribution in [3.8, 4) is 17.4 Å². The fourth-order valence-electron chi connectivity index (χ4n) is 2.68. The van der Waals surface area contributed by atoms with Crippen LogP contribution in [0.3, 0.4) is 0 Å². The molecule has 0 radical (unpaired) electrons. The van der Waals surface area contributed by atoms with Crippen molar-refractivity contribution in [3.63, 3.8) is 0 Å². The van der Waals surface area contributed by atoms with Crippen molar-refractivity contribution in [2.24, 2.45) is 0 Å². The topological polar surface area (TPSA) is 112 Å². The third-order valence-electron chi connectivity index (χ3n) is 4.15. The number of hydrogen-bond acceptors (Lipinski definition) is 6. The van der Waals surface area contributed by atoms with E-state index in [0.29, 0.717) is 23.1 Å². The summed E-state index contributed by atoms with van der Waals surface area (Å²) in [6, 6.07) is 19.5. The van der Waals surface area contributed by atoms with Crippen molar-refractivity contribution in [2.45, 2.75) is 0 Å². The summed E-state index contributed by atoms with van der Waals surface area (Å²) >= 11 is 0. The van der Waals surface area contributed by atoms with Gasteiger partial charge in [-0.3, -0.25) is 14.9 Å². The van der Waals surface area contributed by atoms with Crippen LogP contribution in [0.5, 0.6) is 11.6 Å². The minimum absolute atomic E-state index is 0.143. The van der Waals surface area contributed by atoms with Gasteiger partial charge in [0.1, 0.15) is 5.75 Å².